The molecule has 2 aromatic carbocycles. The topological polar surface area (TPSA) is 197 Å². The van der Waals surface area contributed by atoms with Crippen molar-refractivity contribution in [3.05, 3.63) is 51.6 Å². The number of carbonyl (C=O) groups excluding carboxylic acids is 3. The van der Waals surface area contributed by atoms with Gasteiger partial charge in [-0.25, -0.2) is 0 Å². The molecule has 0 radical (unpaired) electrons. The van der Waals surface area contributed by atoms with E-state index in [0.717, 1.165) is 6.92 Å². The van der Waals surface area contributed by atoms with Gasteiger partial charge in [0.15, 0.2) is 17.9 Å². The number of carbonyl (C=O) groups is 3. The number of ketones is 3. The monoisotopic (exact) mass is 513 g/mol. The van der Waals surface area contributed by atoms with E-state index in [4.69, 9.17) is 15.2 Å². The van der Waals surface area contributed by atoms with Crippen LogP contribution < -0.4 is 5.73 Å². The van der Waals surface area contributed by atoms with Crippen LogP contribution in [-0.2, 0) is 20.7 Å². The fourth-order valence-corrected chi connectivity index (χ4v) is 5.50. The number of aromatic hydroxyl groups is 3. The minimum atomic E-state index is -2.02. The molecule has 1 fully saturated rings. The first kappa shape index (κ1) is 25.3. The Hall–Kier alpha value is -3.35. The number of phenolic OH excluding ortho intramolecular Hbond substituents is 3. The smallest absolute Gasteiger partial charge is 0.202 e. The Morgan fingerprint density at radius 1 is 1.11 bits per heavy atom. The molecule has 11 nitrogen and oxygen atoms in total. The van der Waals surface area contributed by atoms with Gasteiger partial charge in [-0.15, -0.1) is 0 Å². The zero-order chi connectivity index (χ0) is 27.0. The van der Waals surface area contributed by atoms with E-state index >= 15 is 0 Å². The van der Waals surface area contributed by atoms with Gasteiger partial charge in [0.05, 0.1) is 35.0 Å². The molecule has 0 bridgehead atoms. The molecule has 0 spiro atoms. The summed E-state index contributed by atoms with van der Waals surface area (Å²) >= 11 is 0. The van der Waals surface area contributed by atoms with Crippen LogP contribution in [0.2, 0.25) is 0 Å². The van der Waals surface area contributed by atoms with Crippen LogP contribution in [0.25, 0.3) is 0 Å². The van der Waals surface area contributed by atoms with Crippen molar-refractivity contribution >= 4 is 17.3 Å². The Morgan fingerprint density at radius 3 is 2.43 bits per heavy atom. The third-order valence-electron chi connectivity index (χ3n) is 7.59. The highest BCUT2D eigenvalue weighted by molar-refractivity contribution is 6.31. The number of aliphatic hydroxyl groups is 2. The molecule has 2 aliphatic carbocycles. The molecule has 1 heterocycles. The minimum absolute atomic E-state index is 0.0478. The Bertz CT molecular complexity index is 1340. The van der Waals surface area contributed by atoms with Gasteiger partial charge in [0.2, 0.25) is 5.78 Å². The van der Waals surface area contributed by atoms with E-state index in [1.54, 1.807) is 6.92 Å². The lowest BCUT2D eigenvalue weighted by molar-refractivity contribution is -0.247. The summed E-state index contributed by atoms with van der Waals surface area (Å²) in [5.41, 5.74) is 2.29. The second-order valence-electron chi connectivity index (χ2n) is 9.95. The lowest BCUT2D eigenvalue weighted by atomic mass is 9.72. The molecule has 0 aromatic heterocycles. The first-order valence-corrected chi connectivity index (χ1v) is 11.9. The number of nitrogens with two attached hydrogens (primary N) is 1. The van der Waals surface area contributed by atoms with Gasteiger partial charge in [-0.3, -0.25) is 14.4 Å². The molecule has 37 heavy (non-hydrogen) atoms. The maximum Gasteiger partial charge on any atom is 0.202 e. The molecular weight excluding hydrogens is 486 g/mol. The number of hydrogen-bond acceptors (Lipinski definition) is 11. The van der Waals surface area contributed by atoms with Gasteiger partial charge in [-0.05, 0) is 19.9 Å². The highest BCUT2D eigenvalue weighted by Gasteiger charge is 2.49. The Kier molecular flexibility index (Phi) is 5.89. The number of ether oxygens (including phenoxy) is 2. The van der Waals surface area contributed by atoms with E-state index in [1.165, 1.54) is 18.2 Å². The molecule has 2 aromatic rings. The number of rotatable bonds is 3. The number of hydrogen-bond donors (Lipinski definition) is 6. The summed E-state index contributed by atoms with van der Waals surface area (Å²) < 4.78 is 11.7. The van der Waals surface area contributed by atoms with Crippen LogP contribution in [0.5, 0.6) is 17.2 Å². The van der Waals surface area contributed by atoms with E-state index < -0.39 is 88.4 Å². The summed E-state index contributed by atoms with van der Waals surface area (Å²) in [6.07, 6.45) is -4.68. The van der Waals surface area contributed by atoms with Crippen LogP contribution in [0.3, 0.4) is 0 Å². The van der Waals surface area contributed by atoms with E-state index in [-0.39, 0.29) is 35.1 Å². The average Bonchev–Trinajstić information content (AvgIpc) is 2.82. The third kappa shape index (κ3) is 3.73. The first-order valence-electron chi connectivity index (χ1n) is 11.9. The van der Waals surface area contributed by atoms with Crippen molar-refractivity contribution < 1.29 is 49.4 Å². The second-order valence-corrected chi connectivity index (χ2v) is 9.95. The van der Waals surface area contributed by atoms with Crippen molar-refractivity contribution in [3.8, 4) is 17.2 Å². The normalized spacial score (nSPS) is 30.9. The van der Waals surface area contributed by atoms with E-state index in [9.17, 15) is 39.9 Å². The van der Waals surface area contributed by atoms with Gasteiger partial charge in [-0.2, -0.15) is 0 Å². The van der Waals surface area contributed by atoms with Crippen LogP contribution in [0.4, 0.5) is 0 Å². The molecule has 6 atom stereocenters. The number of aliphatic hydroxyl groups excluding tert-OH is 1. The predicted molar refractivity (Wildman–Crippen MR) is 125 cm³/mol. The lowest BCUT2D eigenvalue weighted by Crippen LogP contribution is -2.52. The molecule has 5 rings (SSSR count). The summed E-state index contributed by atoms with van der Waals surface area (Å²) in [4.78, 5) is 39.1. The van der Waals surface area contributed by atoms with E-state index in [2.05, 4.69) is 0 Å². The molecule has 0 unspecified atom stereocenters. The SMILES string of the molecule is CC(=O)[C@]1(O)Cc2c(O)c3c(c(O)c2[C@@H](O[C@@H]2C[C@H](N)[C@H](O)[C@H](C)O2)C1)C(=O)c1c(O)cccc1C3=O. The molecule has 1 saturated heterocycles. The molecule has 11 heteroatoms. The summed E-state index contributed by atoms with van der Waals surface area (Å²) in [7, 11) is 0. The van der Waals surface area contributed by atoms with Crippen molar-refractivity contribution in [1.29, 1.82) is 0 Å². The van der Waals surface area contributed by atoms with Crippen molar-refractivity contribution in [1.82, 2.24) is 0 Å². The Labute approximate surface area is 211 Å². The summed E-state index contributed by atoms with van der Waals surface area (Å²) in [5.74, 6) is -4.13. The number of Topliss-reactive ketones (excluding diaryl/α,β-unsaturated/α-hetero) is 1. The summed E-state index contributed by atoms with van der Waals surface area (Å²) in [6, 6.07) is 3.20. The number of benzene rings is 2. The maximum atomic E-state index is 13.4. The summed E-state index contributed by atoms with van der Waals surface area (Å²) in [5, 5.41) is 54.1. The van der Waals surface area contributed by atoms with Crippen LogP contribution in [0, 0.1) is 0 Å². The molecule has 0 amide bonds. The van der Waals surface area contributed by atoms with Gasteiger partial charge in [-0.1, -0.05) is 12.1 Å². The summed E-state index contributed by atoms with van der Waals surface area (Å²) in [6.45, 7) is 2.76. The minimum Gasteiger partial charge on any atom is -0.507 e. The average molecular weight is 513 g/mol. The van der Waals surface area contributed by atoms with E-state index in [1.807, 2.05) is 0 Å². The van der Waals surface area contributed by atoms with Gasteiger partial charge in [0.25, 0.3) is 0 Å². The third-order valence-corrected chi connectivity index (χ3v) is 7.59. The van der Waals surface area contributed by atoms with Crippen molar-refractivity contribution in [2.75, 3.05) is 0 Å². The fourth-order valence-electron chi connectivity index (χ4n) is 5.50. The van der Waals surface area contributed by atoms with Crippen LogP contribution >= 0.6 is 0 Å². The van der Waals surface area contributed by atoms with Crippen LogP contribution in [0.1, 0.15) is 75.8 Å². The molecule has 0 saturated carbocycles. The second kappa shape index (κ2) is 8.61. The van der Waals surface area contributed by atoms with Crippen molar-refractivity contribution in [2.24, 2.45) is 5.73 Å². The van der Waals surface area contributed by atoms with E-state index in [0.29, 0.717) is 0 Å². The van der Waals surface area contributed by atoms with Crippen LogP contribution in [0.15, 0.2) is 18.2 Å². The highest BCUT2D eigenvalue weighted by atomic mass is 16.7. The largest absolute Gasteiger partial charge is 0.507 e. The zero-order valence-corrected chi connectivity index (χ0v) is 20.1. The van der Waals surface area contributed by atoms with Gasteiger partial charge >= 0.3 is 0 Å². The standard InChI is InChI=1S/C26H27NO10/c1-9-21(30)13(27)6-16(36-9)37-15-8-26(35,10(2)28)7-12-18(15)25(34)20-19(23(12)32)22(31)11-4-3-5-14(29)17(11)24(20)33/h3-5,9,13,15-16,21,29-30,32,34-35H,6-8,27H2,1-2H3/t9-,13-,15-,16+,21+,26-/m0/s1. The predicted octanol–water partition coefficient (Wildman–Crippen LogP) is 0.726. The molecular formula is C26H27NO10. The molecule has 3 aliphatic rings. The fraction of sp³-hybridized carbons (Fsp3) is 0.423. The molecule has 1 aliphatic heterocycles. The maximum absolute atomic E-state index is 13.4. The number of phenols is 3. The Balaban J connectivity index is 1.68. The van der Waals surface area contributed by atoms with Gasteiger partial charge < -0.3 is 40.7 Å². The van der Waals surface area contributed by atoms with Gasteiger partial charge in [0.1, 0.15) is 22.8 Å². The zero-order valence-electron chi connectivity index (χ0n) is 20.1. The van der Waals surface area contributed by atoms with Crippen molar-refractivity contribution in [2.45, 2.75) is 69.4 Å². The lowest BCUT2D eigenvalue weighted by Gasteiger charge is -2.42. The molecule has 7 N–H and O–H groups in total. The van der Waals surface area contributed by atoms with Crippen LogP contribution in [-0.4, -0.2) is 73.0 Å². The Morgan fingerprint density at radius 2 is 1.78 bits per heavy atom. The number of fused-ring (bicyclic) bond motifs is 3. The van der Waals surface area contributed by atoms with Gasteiger partial charge in [0, 0.05) is 42.0 Å². The molecule has 196 valence electrons. The highest BCUT2D eigenvalue weighted by Crippen LogP contribution is 2.52. The quantitative estimate of drug-likeness (QED) is 0.270. The van der Waals surface area contributed by atoms with Crippen molar-refractivity contribution in [3.63, 3.8) is 0 Å². The first-order chi connectivity index (χ1) is 17.4.